The van der Waals surface area contributed by atoms with E-state index in [0.717, 1.165) is 59.4 Å². The van der Waals surface area contributed by atoms with Crippen LogP contribution in [-0.4, -0.2) is 4.98 Å². The predicted octanol–water partition coefficient (Wildman–Crippen LogP) is 12.5. The Morgan fingerprint density at radius 2 is 0.830 bits per heavy atom. The van der Waals surface area contributed by atoms with Crippen LogP contribution in [0.2, 0.25) is 0 Å². The Kier molecular flexibility index (Phi) is 9.36. The molecular weight excluding hydrogens is 645 g/mol. The average Bonchev–Trinajstić information content (AvgIpc) is 3.25. The Balaban J connectivity index is 1.22. The van der Waals surface area contributed by atoms with Crippen molar-refractivity contribution in [2.45, 2.75) is 37.5 Å². The minimum atomic E-state index is -0.140. The first-order valence-corrected chi connectivity index (χ1v) is 18.3. The number of para-hydroxylation sites is 2. The molecule has 1 heterocycles. The normalized spacial score (nSPS) is 13.4. The fourth-order valence-electron chi connectivity index (χ4n) is 8.09. The van der Waals surface area contributed by atoms with Gasteiger partial charge in [-0.2, -0.15) is 10.5 Å². The van der Waals surface area contributed by atoms with Gasteiger partial charge in [-0.3, -0.25) is 0 Å². The van der Waals surface area contributed by atoms with Crippen molar-refractivity contribution in [2.75, 3.05) is 4.90 Å². The molecule has 0 atom stereocenters. The van der Waals surface area contributed by atoms with E-state index in [0.29, 0.717) is 28.1 Å². The minimum Gasteiger partial charge on any atom is -0.311 e. The van der Waals surface area contributed by atoms with E-state index < -0.39 is 0 Å². The topological polar surface area (TPSA) is 63.7 Å². The Hall–Kier alpha value is -6.75. The molecule has 0 radical (unpaired) electrons. The van der Waals surface area contributed by atoms with Gasteiger partial charge in [0.2, 0.25) is 0 Å². The molecule has 1 aliphatic rings. The van der Waals surface area contributed by atoms with Crippen molar-refractivity contribution in [3.63, 3.8) is 0 Å². The van der Waals surface area contributed by atoms with Crippen molar-refractivity contribution in [1.82, 2.24) is 4.98 Å². The SMILES string of the molecule is N#Cc1c(-c2ccccc2)nc(-c2ccccc2)c(C#N)c1-c1ccc(C2(c3ccc(N(c4ccccc4)c4ccccc4)cc3)CCCCC2)cc1. The maximum absolute atomic E-state index is 10.7. The Labute approximate surface area is 311 Å². The third kappa shape index (κ3) is 6.37. The lowest BCUT2D eigenvalue weighted by Crippen LogP contribution is -2.30. The summed E-state index contributed by atoms with van der Waals surface area (Å²) >= 11 is 0. The zero-order chi connectivity index (χ0) is 36.0. The van der Waals surface area contributed by atoms with Crippen LogP contribution < -0.4 is 4.90 Å². The minimum absolute atomic E-state index is 0.140. The second-order valence-corrected chi connectivity index (χ2v) is 13.7. The molecule has 8 rings (SSSR count). The van der Waals surface area contributed by atoms with E-state index in [-0.39, 0.29) is 5.41 Å². The van der Waals surface area contributed by atoms with Crippen molar-refractivity contribution >= 4 is 17.1 Å². The highest BCUT2D eigenvalue weighted by molar-refractivity contribution is 5.89. The van der Waals surface area contributed by atoms with Gasteiger partial charge in [-0.25, -0.2) is 4.98 Å². The van der Waals surface area contributed by atoms with Gasteiger partial charge in [-0.1, -0.05) is 153 Å². The molecule has 1 fully saturated rings. The lowest BCUT2D eigenvalue weighted by Gasteiger charge is -2.39. The lowest BCUT2D eigenvalue weighted by molar-refractivity contribution is 0.346. The zero-order valence-electron chi connectivity index (χ0n) is 29.5. The Morgan fingerprint density at radius 3 is 1.26 bits per heavy atom. The van der Waals surface area contributed by atoms with Gasteiger partial charge in [-0.15, -0.1) is 0 Å². The summed E-state index contributed by atoms with van der Waals surface area (Å²) in [6, 6.07) is 63.3. The van der Waals surface area contributed by atoms with E-state index in [4.69, 9.17) is 4.98 Å². The summed E-state index contributed by atoms with van der Waals surface area (Å²) in [5.74, 6) is 0. The molecule has 0 saturated heterocycles. The van der Waals surface area contributed by atoms with Crippen LogP contribution in [0.4, 0.5) is 17.1 Å². The van der Waals surface area contributed by atoms with Crippen molar-refractivity contribution in [3.05, 3.63) is 192 Å². The summed E-state index contributed by atoms with van der Waals surface area (Å²) in [6.45, 7) is 0. The van der Waals surface area contributed by atoms with Crippen LogP contribution in [0.3, 0.4) is 0 Å². The molecule has 1 saturated carbocycles. The van der Waals surface area contributed by atoms with Crippen LogP contribution in [0, 0.1) is 22.7 Å². The number of anilines is 3. The summed E-state index contributed by atoms with van der Waals surface area (Å²) in [5.41, 5.74) is 10.9. The Morgan fingerprint density at radius 1 is 0.434 bits per heavy atom. The summed E-state index contributed by atoms with van der Waals surface area (Å²) in [4.78, 5) is 7.29. The van der Waals surface area contributed by atoms with Gasteiger partial charge >= 0.3 is 0 Å². The summed E-state index contributed by atoms with van der Waals surface area (Å²) in [7, 11) is 0. The molecule has 4 heteroatoms. The predicted molar refractivity (Wildman–Crippen MR) is 215 cm³/mol. The molecule has 0 N–H and O–H groups in total. The molecule has 0 unspecified atom stereocenters. The highest BCUT2D eigenvalue weighted by Crippen LogP contribution is 2.47. The molecule has 1 aromatic heterocycles. The van der Waals surface area contributed by atoms with Crippen molar-refractivity contribution < 1.29 is 0 Å². The van der Waals surface area contributed by atoms with Crippen LogP contribution in [0.1, 0.15) is 54.4 Å². The van der Waals surface area contributed by atoms with Gasteiger partial charge in [0.1, 0.15) is 12.1 Å². The highest BCUT2D eigenvalue weighted by Gasteiger charge is 2.36. The number of benzene rings is 6. The first kappa shape index (κ1) is 33.4. The molecule has 0 bridgehead atoms. The maximum Gasteiger partial charge on any atom is 0.102 e. The first-order chi connectivity index (χ1) is 26.2. The molecule has 1 aliphatic carbocycles. The molecule has 6 aromatic carbocycles. The Bertz CT molecular complexity index is 2290. The third-order valence-corrected chi connectivity index (χ3v) is 10.7. The number of hydrogen-bond donors (Lipinski definition) is 0. The fraction of sp³-hybridized carbons (Fsp3) is 0.122. The number of pyridine rings is 1. The summed E-state index contributed by atoms with van der Waals surface area (Å²) in [5, 5.41) is 21.3. The molecule has 4 nitrogen and oxygen atoms in total. The van der Waals surface area contributed by atoms with E-state index in [2.05, 4.69) is 126 Å². The van der Waals surface area contributed by atoms with Gasteiger partial charge in [0.15, 0.2) is 0 Å². The first-order valence-electron chi connectivity index (χ1n) is 18.3. The van der Waals surface area contributed by atoms with Crippen LogP contribution in [0.15, 0.2) is 170 Å². The number of rotatable bonds is 8. The molecule has 7 aromatic rings. The van der Waals surface area contributed by atoms with Crippen LogP contribution in [-0.2, 0) is 5.41 Å². The highest BCUT2D eigenvalue weighted by atomic mass is 15.1. The second-order valence-electron chi connectivity index (χ2n) is 13.7. The summed E-state index contributed by atoms with van der Waals surface area (Å²) in [6.07, 6.45) is 5.67. The molecule has 0 spiro atoms. The number of hydrogen-bond acceptors (Lipinski definition) is 4. The molecule has 53 heavy (non-hydrogen) atoms. The molecule has 0 amide bonds. The monoisotopic (exact) mass is 682 g/mol. The van der Waals surface area contributed by atoms with E-state index in [1.807, 2.05) is 60.7 Å². The van der Waals surface area contributed by atoms with E-state index in [1.165, 1.54) is 17.5 Å². The average molecular weight is 683 g/mol. The third-order valence-electron chi connectivity index (χ3n) is 10.7. The lowest BCUT2D eigenvalue weighted by atomic mass is 9.65. The molecule has 0 aliphatic heterocycles. The molecular formula is C49H38N4. The van der Waals surface area contributed by atoms with Crippen LogP contribution in [0.25, 0.3) is 33.6 Å². The number of nitriles is 2. The van der Waals surface area contributed by atoms with Crippen LogP contribution in [0.5, 0.6) is 0 Å². The summed E-state index contributed by atoms with van der Waals surface area (Å²) < 4.78 is 0. The molecule has 254 valence electrons. The standard InChI is InChI=1S/C49H38N4/c50-34-44-46(45(35-51)48(38-18-8-2-9-19-38)52-47(44)37-16-6-1-7-17-37)36-24-26-39(27-25-36)49(32-14-5-15-33-49)40-28-30-43(31-29-40)53(41-20-10-3-11-21-41)42-22-12-4-13-23-42/h1-4,6-13,16-31H,5,14-15,32-33H2. The van der Waals surface area contributed by atoms with Crippen molar-refractivity contribution in [3.8, 4) is 45.8 Å². The smallest absolute Gasteiger partial charge is 0.102 e. The van der Waals surface area contributed by atoms with E-state index >= 15 is 0 Å². The second kappa shape index (κ2) is 14.8. The fourth-order valence-corrected chi connectivity index (χ4v) is 8.09. The van der Waals surface area contributed by atoms with E-state index in [1.54, 1.807) is 0 Å². The van der Waals surface area contributed by atoms with Gasteiger partial charge in [-0.05, 0) is 65.9 Å². The quantitative estimate of drug-likeness (QED) is 0.160. The maximum atomic E-state index is 10.7. The van der Waals surface area contributed by atoms with Crippen molar-refractivity contribution in [1.29, 1.82) is 10.5 Å². The van der Waals surface area contributed by atoms with Gasteiger partial charge in [0.25, 0.3) is 0 Å². The van der Waals surface area contributed by atoms with Gasteiger partial charge < -0.3 is 4.90 Å². The van der Waals surface area contributed by atoms with Crippen LogP contribution >= 0.6 is 0 Å². The van der Waals surface area contributed by atoms with E-state index in [9.17, 15) is 10.5 Å². The number of aromatic nitrogens is 1. The van der Waals surface area contributed by atoms with Crippen molar-refractivity contribution in [2.24, 2.45) is 0 Å². The number of nitrogens with zero attached hydrogens (tertiary/aromatic N) is 4. The zero-order valence-corrected chi connectivity index (χ0v) is 29.5. The largest absolute Gasteiger partial charge is 0.311 e. The van der Waals surface area contributed by atoms with Gasteiger partial charge in [0, 0.05) is 39.2 Å². The van der Waals surface area contributed by atoms with Gasteiger partial charge in [0.05, 0.1) is 22.5 Å².